The molecule has 7 heteroatoms. The number of aromatic nitrogens is 1. The Hall–Kier alpha value is -3.71. The highest BCUT2D eigenvalue weighted by molar-refractivity contribution is 7.14. The maximum atomic E-state index is 12.3. The van der Waals surface area contributed by atoms with E-state index >= 15 is 0 Å². The lowest BCUT2D eigenvalue weighted by atomic mass is 10.1. The van der Waals surface area contributed by atoms with Gasteiger partial charge in [-0.05, 0) is 47.9 Å². The van der Waals surface area contributed by atoms with Crippen molar-refractivity contribution in [1.29, 1.82) is 0 Å². The van der Waals surface area contributed by atoms with Crippen LogP contribution in [0.5, 0.6) is 0 Å². The summed E-state index contributed by atoms with van der Waals surface area (Å²) in [6, 6.07) is 21.1. The molecule has 0 saturated carbocycles. The van der Waals surface area contributed by atoms with Crippen LogP contribution in [0, 0.1) is 0 Å². The quantitative estimate of drug-likeness (QED) is 0.288. The van der Waals surface area contributed by atoms with Crippen molar-refractivity contribution in [2.24, 2.45) is 0 Å². The number of carbonyl (C=O) groups excluding carboxylic acids is 1. The second kappa shape index (κ2) is 11.1. The van der Waals surface area contributed by atoms with Gasteiger partial charge in [0, 0.05) is 29.6 Å². The summed E-state index contributed by atoms with van der Waals surface area (Å²) in [5.41, 5.74) is 3.57. The fourth-order valence-electron chi connectivity index (χ4n) is 3.81. The normalized spacial score (nSPS) is 11.8. The molecule has 1 amide bonds. The number of carboxylic acid groups (broad SMARTS) is 1. The molecule has 0 fully saturated rings. The molecule has 1 unspecified atom stereocenters. The lowest BCUT2D eigenvalue weighted by Gasteiger charge is -2.22. The number of benzene rings is 3. The summed E-state index contributed by atoms with van der Waals surface area (Å²) >= 11 is 1.64. The highest BCUT2D eigenvalue weighted by atomic mass is 32.1. The van der Waals surface area contributed by atoms with E-state index in [0.29, 0.717) is 12.1 Å². The van der Waals surface area contributed by atoms with Crippen molar-refractivity contribution >= 4 is 39.1 Å². The highest BCUT2D eigenvalue weighted by Crippen LogP contribution is 2.30. The Bertz CT molecular complexity index is 1320. The van der Waals surface area contributed by atoms with Crippen LogP contribution < -0.4 is 10.2 Å². The number of carbonyl (C=O) groups is 2. The maximum Gasteiger partial charge on any atom is 0.325 e. The molecular formula is C28H29N3O3S. The van der Waals surface area contributed by atoms with Crippen LogP contribution in [0.2, 0.25) is 0 Å². The van der Waals surface area contributed by atoms with E-state index < -0.39 is 17.9 Å². The maximum absolute atomic E-state index is 12.3. The van der Waals surface area contributed by atoms with Crippen molar-refractivity contribution < 1.29 is 14.7 Å². The van der Waals surface area contributed by atoms with Gasteiger partial charge in [-0.3, -0.25) is 9.59 Å². The van der Waals surface area contributed by atoms with Gasteiger partial charge in [0.05, 0.1) is 5.69 Å². The fourth-order valence-corrected chi connectivity index (χ4v) is 4.67. The van der Waals surface area contributed by atoms with Gasteiger partial charge >= 0.3 is 5.97 Å². The molecule has 0 radical (unpaired) electrons. The van der Waals surface area contributed by atoms with E-state index in [9.17, 15) is 9.59 Å². The number of unbranched alkanes of at least 4 members (excludes halogenated alkanes) is 1. The van der Waals surface area contributed by atoms with Crippen LogP contribution in [-0.2, 0) is 11.3 Å². The van der Waals surface area contributed by atoms with E-state index in [-0.39, 0.29) is 0 Å². The van der Waals surface area contributed by atoms with E-state index in [1.807, 2.05) is 24.3 Å². The standard InChI is InChI=1S/C28H29N3O3S/c1-3-4-15-31(17-20-9-11-22(12-10-20)26(32)29-19(2)27(33)34)28-30-25(18-35-28)24-14-13-21-7-5-6-8-23(21)16-24/h5-14,16,18-19H,3-4,15,17H2,1-2H3,(H,29,32)(H,33,34). The summed E-state index contributed by atoms with van der Waals surface area (Å²) in [6.45, 7) is 5.18. The molecule has 6 nitrogen and oxygen atoms in total. The van der Waals surface area contributed by atoms with Gasteiger partial charge in [-0.1, -0.05) is 61.9 Å². The molecule has 4 aromatic rings. The molecule has 180 valence electrons. The average Bonchev–Trinajstić information content (AvgIpc) is 3.36. The number of hydrogen-bond acceptors (Lipinski definition) is 5. The van der Waals surface area contributed by atoms with Crippen molar-refractivity contribution in [3.63, 3.8) is 0 Å². The average molecular weight is 488 g/mol. The fraction of sp³-hybridized carbons (Fsp3) is 0.250. The molecule has 3 aromatic carbocycles. The van der Waals surface area contributed by atoms with E-state index in [4.69, 9.17) is 10.1 Å². The van der Waals surface area contributed by atoms with E-state index in [0.717, 1.165) is 41.3 Å². The van der Waals surface area contributed by atoms with Crippen molar-refractivity contribution in [2.75, 3.05) is 11.4 Å². The third kappa shape index (κ3) is 6.05. The number of nitrogens with one attached hydrogen (secondary N) is 1. The van der Waals surface area contributed by atoms with Crippen LogP contribution in [0.3, 0.4) is 0 Å². The smallest absolute Gasteiger partial charge is 0.325 e. The van der Waals surface area contributed by atoms with Crippen molar-refractivity contribution in [1.82, 2.24) is 10.3 Å². The highest BCUT2D eigenvalue weighted by Gasteiger charge is 2.16. The van der Waals surface area contributed by atoms with E-state index in [1.165, 1.54) is 17.7 Å². The number of hydrogen-bond donors (Lipinski definition) is 2. The Balaban J connectivity index is 1.50. The first-order valence-corrected chi connectivity index (χ1v) is 12.6. The molecule has 35 heavy (non-hydrogen) atoms. The van der Waals surface area contributed by atoms with Crippen molar-refractivity contribution in [2.45, 2.75) is 39.3 Å². The van der Waals surface area contributed by atoms with Crippen molar-refractivity contribution in [3.05, 3.63) is 83.2 Å². The number of amides is 1. The van der Waals surface area contributed by atoms with Gasteiger partial charge in [-0.2, -0.15) is 0 Å². The zero-order valence-corrected chi connectivity index (χ0v) is 20.7. The number of nitrogens with zero attached hydrogens (tertiary/aromatic N) is 2. The summed E-state index contributed by atoms with van der Waals surface area (Å²) in [6.07, 6.45) is 2.14. The van der Waals surface area contributed by atoms with Gasteiger partial charge in [0.1, 0.15) is 6.04 Å². The molecule has 0 bridgehead atoms. The predicted molar refractivity (Wildman–Crippen MR) is 142 cm³/mol. The van der Waals surface area contributed by atoms with Crippen LogP contribution in [0.15, 0.2) is 72.1 Å². The number of anilines is 1. The first-order valence-electron chi connectivity index (χ1n) is 11.8. The molecular weight excluding hydrogens is 458 g/mol. The van der Waals surface area contributed by atoms with Gasteiger partial charge in [0.25, 0.3) is 5.91 Å². The molecule has 2 N–H and O–H groups in total. The second-order valence-corrected chi connectivity index (χ2v) is 9.42. The number of rotatable bonds is 10. The molecule has 0 aliphatic heterocycles. The SMILES string of the molecule is CCCCN(Cc1ccc(C(=O)NC(C)C(=O)O)cc1)c1nc(-c2ccc3ccccc3c2)cs1. The molecule has 1 atom stereocenters. The molecule has 4 rings (SSSR count). The monoisotopic (exact) mass is 487 g/mol. The third-order valence-electron chi connectivity index (χ3n) is 5.90. The number of fused-ring (bicyclic) bond motifs is 1. The van der Waals surface area contributed by atoms with Gasteiger partial charge in [-0.15, -0.1) is 11.3 Å². The second-order valence-electron chi connectivity index (χ2n) is 8.58. The minimum absolute atomic E-state index is 0.394. The Labute approximate surface area is 209 Å². The summed E-state index contributed by atoms with van der Waals surface area (Å²) < 4.78 is 0. The van der Waals surface area contributed by atoms with Gasteiger partial charge < -0.3 is 15.3 Å². The Kier molecular flexibility index (Phi) is 7.77. The minimum Gasteiger partial charge on any atom is -0.480 e. The first-order chi connectivity index (χ1) is 16.9. The van der Waals surface area contributed by atoms with Gasteiger partial charge in [-0.25, -0.2) is 4.98 Å². The van der Waals surface area contributed by atoms with Crippen LogP contribution in [0.25, 0.3) is 22.0 Å². The van der Waals surface area contributed by atoms with Crippen LogP contribution in [0.1, 0.15) is 42.6 Å². The van der Waals surface area contributed by atoms with Crippen LogP contribution in [0.4, 0.5) is 5.13 Å². The number of thiazole rings is 1. The number of aliphatic carboxylic acids is 1. The molecule has 1 heterocycles. The Morgan fingerprint density at radius 2 is 1.80 bits per heavy atom. The van der Waals surface area contributed by atoms with E-state index in [2.05, 4.69) is 52.9 Å². The molecule has 0 saturated heterocycles. The Morgan fingerprint density at radius 3 is 2.51 bits per heavy atom. The molecule has 0 aliphatic carbocycles. The minimum atomic E-state index is -1.06. The third-order valence-corrected chi connectivity index (χ3v) is 6.80. The van der Waals surface area contributed by atoms with Crippen LogP contribution in [-0.4, -0.2) is 34.6 Å². The largest absolute Gasteiger partial charge is 0.480 e. The molecule has 0 spiro atoms. The summed E-state index contributed by atoms with van der Waals surface area (Å²) in [5.74, 6) is -1.46. The van der Waals surface area contributed by atoms with E-state index in [1.54, 1.807) is 23.5 Å². The topological polar surface area (TPSA) is 82.5 Å². The lowest BCUT2D eigenvalue weighted by Crippen LogP contribution is -2.38. The lowest BCUT2D eigenvalue weighted by molar-refractivity contribution is -0.138. The molecule has 1 aromatic heterocycles. The summed E-state index contributed by atoms with van der Waals surface area (Å²) in [7, 11) is 0. The zero-order valence-electron chi connectivity index (χ0n) is 19.9. The van der Waals surface area contributed by atoms with Gasteiger partial charge in [0.2, 0.25) is 0 Å². The summed E-state index contributed by atoms with van der Waals surface area (Å²) in [4.78, 5) is 30.5. The van der Waals surface area contributed by atoms with Crippen molar-refractivity contribution in [3.8, 4) is 11.3 Å². The van der Waals surface area contributed by atoms with Gasteiger partial charge in [0.15, 0.2) is 5.13 Å². The number of carboxylic acids is 1. The molecule has 0 aliphatic rings. The summed E-state index contributed by atoms with van der Waals surface area (Å²) in [5, 5.41) is 17.0. The van der Waals surface area contributed by atoms with Crippen LogP contribution >= 0.6 is 11.3 Å². The first kappa shape index (κ1) is 24.4. The predicted octanol–water partition coefficient (Wildman–Crippen LogP) is 5.97. The Morgan fingerprint density at radius 1 is 1.06 bits per heavy atom. The zero-order chi connectivity index (χ0) is 24.8.